The van der Waals surface area contributed by atoms with Gasteiger partial charge in [-0.1, -0.05) is 36.2 Å². The van der Waals surface area contributed by atoms with Gasteiger partial charge in [-0.25, -0.2) is 13.1 Å². The number of rotatable bonds is 7. The Labute approximate surface area is 228 Å². The smallest absolute Gasteiger partial charge is 0.296 e. The van der Waals surface area contributed by atoms with Crippen molar-refractivity contribution >= 4 is 33.2 Å². The first kappa shape index (κ1) is 26.6. The Morgan fingerprint density at radius 1 is 1.13 bits per heavy atom. The molecule has 2 aliphatic rings. The Bertz CT molecular complexity index is 1550. The van der Waals surface area contributed by atoms with E-state index in [1.165, 1.54) is 49.2 Å². The summed E-state index contributed by atoms with van der Waals surface area (Å²) < 4.78 is 31.4. The molecule has 2 aliphatic carbocycles. The minimum atomic E-state index is -4.18. The number of sulfonamides is 1. The third kappa shape index (κ3) is 4.45. The van der Waals surface area contributed by atoms with Crippen LogP contribution < -0.4 is 15.2 Å². The molecular weight excluding hydrogens is 524 g/mol. The highest BCUT2D eigenvalue weighted by molar-refractivity contribution is 7.92. The largest absolute Gasteiger partial charge is 0.349 e. The van der Waals surface area contributed by atoms with Crippen molar-refractivity contribution in [1.82, 2.24) is 14.7 Å². The fraction of sp³-hybridized carbons (Fsp3) is 0.429. The number of nitrogens with zero attached hydrogens (tertiary/aromatic N) is 3. The van der Waals surface area contributed by atoms with Crippen molar-refractivity contribution in [3.8, 4) is 5.69 Å². The van der Waals surface area contributed by atoms with E-state index < -0.39 is 21.5 Å². The fourth-order valence-electron chi connectivity index (χ4n) is 6.33. The first-order chi connectivity index (χ1) is 18.0. The van der Waals surface area contributed by atoms with Crippen molar-refractivity contribution < 1.29 is 13.2 Å². The van der Waals surface area contributed by atoms with Crippen LogP contribution in [-0.2, 0) is 17.1 Å². The quantitative estimate of drug-likeness (QED) is 0.463. The molecule has 2 aromatic carbocycles. The van der Waals surface area contributed by atoms with Gasteiger partial charge < -0.3 is 5.32 Å². The Kier molecular flexibility index (Phi) is 6.94. The zero-order chi connectivity index (χ0) is 27.4. The zero-order valence-electron chi connectivity index (χ0n) is 22.0. The number of aromatic nitrogens is 2. The van der Waals surface area contributed by atoms with Crippen molar-refractivity contribution in [3.63, 3.8) is 0 Å². The molecule has 2 saturated carbocycles. The molecule has 5 rings (SSSR count). The first-order valence-electron chi connectivity index (χ1n) is 12.9. The number of anilines is 1. The maximum absolute atomic E-state index is 13.7. The molecule has 1 amide bonds. The van der Waals surface area contributed by atoms with E-state index in [9.17, 15) is 18.0 Å². The molecule has 1 N–H and O–H groups in total. The molecule has 2 bridgehead atoms. The van der Waals surface area contributed by atoms with Crippen molar-refractivity contribution in [2.24, 2.45) is 24.8 Å². The lowest BCUT2D eigenvalue weighted by Gasteiger charge is -2.28. The van der Waals surface area contributed by atoms with Crippen LogP contribution in [0.25, 0.3) is 5.69 Å². The monoisotopic (exact) mass is 556 g/mol. The van der Waals surface area contributed by atoms with Gasteiger partial charge in [-0.3, -0.25) is 18.6 Å². The van der Waals surface area contributed by atoms with Gasteiger partial charge in [0.1, 0.15) is 5.69 Å². The van der Waals surface area contributed by atoms with Crippen LogP contribution in [0, 0.1) is 24.7 Å². The summed E-state index contributed by atoms with van der Waals surface area (Å²) in [7, 11) is -1.13. The van der Waals surface area contributed by atoms with Crippen molar-refractivity contribution in [2.45, 2.75) is 50.5 Å². The average molecular weight is 557 g/mol. The molecule has 38 heavy (non-hydrogen) atoms. The number of fused-ring (bicyclic) bond motifs is 2. The molecule has 10 heteroatoms. The van der Waals surface area contributed by atoms with Gasteiger partial charge in [-0.2, -0.15) is 0 Å². The van der Waals surface area contributed by atoms with Crippen molar-refractivity contribution in [3.05, 3.63) is 75.2 Å². The summed E-state index contributed by atoms with van der Waals surface area (Å²) in [4.78, 5) is 26.5. The Hall–Kier alpha value is -3.04. The second-order valence-electron chi connectivity index (χ2n) is 10.6. The number of hydrogen-bond donors (Lipinski definition) is 1. The molecule has 0 spiro atoms. The van der Waals surface area contributed by atoms with Crippen molar-refractivity contribution in [2.75, 3.05) is 11.4 Å². The zero-order valence-corrected chi connectivity index (χ0v) is 23.6. The van der Waals surface area contributed by atoms with E-state index in [0.717, 1.165) is 16.6 Å². The second-order valence-corrected chi connectivity index (χ2v) is 13.0. The number of carbonyl (C=O) groups is 1. The van der Waals surface area contributed by atoms with Crippen LogP contribution in [0.5, 0.6) is 0 Å². The number of carbonyl (C=O) groups excluding carboxylic acids is 1. The molecule has 1 heterocycles. The topological polar surface area (TPSA) is 93.4 Å². The average Bonchev–Trinajstić information content (AvgIpc) is 3.58. The van der Waals surface area contributed by atoms with E-state index in [0.29, 0.717) is 23.2 Å². The molecule has 1 aromatic heterocycles. The molecule has 0 saturated heterocycles. The highest BCUT2D eigenvalue weighted by Gasteiger charge is 2.42. The Morgan fingerprint density at radius 2 is 1.84 bits per heavy atom. The molecule has 0 aliphatic heterocycles. The van der Waals surface area contributed by atoms with E-state index in [1.807, 2.05) is 25.1 Å². The van der Waals surface area contributed by atoms with Gasteiger partial charge in [0.15, 0.2) is 0 Å². The maximum atomic E-state index is 13.7. The van der Waals surface area contributed by atoms with Gasteiger partial charge in [0.25, 0.3) is 21.5 Å². The van der Waals surface area contributed by atoms with Gasteiger partial charge >= 0.3 is 0 Å². The van der Waals surface area contributed by atoms with E-state index in [-0.39, 0.29) is 27.2 Å². The third-order valence-corrected chi connectivity index (χ3v) is 10.6. The normalized spacial score (nSPS) is 21.4. The number of nitrogens with one attached hydrogen (secondary N) is 1. The van der Waals surface area contributed by atoms with Crippen LogP contribution >= 0.6 is 11.6 Å². The van der Waals surface area contributed by atoms with Crippen molar-refractivity contribution in [1.29, 1.82) is 0 Å². The molecule has 2 fully saturated rings. The molecule has 8 nitrogen and oxygen atoms in total. The molecule has 3 aromatic rings. The SMILES string of the molecule is Cc1c(N(C)S(=O)(=O)c2ccc(Cl)c(C(=O)N[C@@H](C)[C@H]3C[C@@H]4CC[C@H]3C4)c2)c(=O)n(-c2ccccc2)n1C. The van der Waals surface area contributed by atoms with Crippen LogP contribution in [-0.4, -0.2) is 36.8 Å². The van der Waals surface area contributed by atoms with Crippen LogP contribution in [0.1, 0.15) is 48.7 Å². The van der Waals surface area contributed by atoms with Crippen LogP contribution in [0.15, 0.2) is 58.2 Å². The molecule has 4 atom stereocenters. The highest BCUT2D eigenvalue weighted by atomic mass is 35.5. The highest BCUT2D eigenvalue weighted by Crippen LogP contribution is 2.49. The Balaban J connectivity index is 1.44. The predicted molar refractivity (Wildman–Crippen MR) is 149 cm³/mol. The maximum Gasteiger partial charge on any atom is 0.296 e. The van der Waals surface area contributed by atoms with Crippen LogP contribution in [0.2, 0.25) is 5.02 Å². The van der Waals surface area contributed by atoms with Gasteiger partial charge in [0.2, 0.25) is 0 Å². The number of hydrogen-bond acceptors (Lipinski definition) is 4. The third-order valence-electron chi connectivity index (χ3n) is 8.47. The van der Waals surface area contributed by atoms with Gasteiger partial charge in [0.05, 0.1) is 26.9 Å². The molecule has 202 valence electrons. The summed E-state index contributed by atoms with van der Waals surface area (Å²) in [5.41, 5.74) is 0.769. The molecule has 0 radical (unpaired) electrons. The minimum Gasteiger partial charge on any atom is -0.349 e. The lowest BCUT2D eigenvalue weighted by atomic mass is 9.84. The number of amides is 1. The first-order valence-corrected chi connectivity index (χ1v) is 14.8. The van der Waals surface area contributed by atoms with E-state index in [4.69, 9.17) is 11.6 Å². The summed E-state index contributed by atoms with van der Waals surface area (Å²) in [6.07, 6.45) is 4.84. The standard InChI is InChI=1S/C28H33ClN4O4S/c1-17(23-15-19-10-11-20(23)14-19)30-27(34)24-16-22(12-13-25(24)29)38(36,37)32(4)26-18(2)31(3)33(28(26)35)21-8-6-5-7-9-21/h5-9,12-13,16-17,19-20,23H,10-11,14-15H2,1-4H3,(H,30,34)/t17-,19+,20-,23+/m0/s1. The summed E-state index contributed by atoms with van der Waals surface area (Å²) in [5.74, 6) is 1.43. The number of benzene rings is 2. The predicted octanol–water partition coefficient (Wildman–Crippen LogP) is 4.52. The van der Waals surface area contributed by atoms with Crippen LogP contribution in [0.4, 0.5) is 5.69 Å². The summed E-state index contributed by atoms with van der Waals surface area (Å²) in [5, 5.41) is 3.23. The Morgan fingerprint density at radius 3 is 2.47 bits per heavy atom. The fourth-order valence-corrected chi connectivity index (χ4v) is 7.81. The van der Waals surface area contributed by atoms with E-state index >= 15 is 0 Å². The van der Waals surface area contributed by atoms with Gasteiger partial charge in [0, 0.05) is 20.1 Å². The number of para-hydroxylation sites is 1. The molecular formula is C28H33ClN4O4S. The van der Waals surface area contributed by atoms with E-state index in [1.54, 1.807) is 30.8 Å². The van der Waals surface area contributed by atoms with Gasteiger partial charge in [-0.05, 0) is 81.2 Å². The summed E-state index contributed by atoms with van der Waals surface area (Å²) >= 11 is 6.36. The molecule has 0 unspecified atom stereocenters. The number of halogens is 1. The van der Waals surface area contributed by atoms with Gasteiger partial charge in [-0.15, -0.1) is 0 Å². The summed E-state index contributed by atoms with van der Waals surface area (Å²) in [6.45, 7) is 3.71. The lowest BCUT2D eigenvalue weighted by Crippen LogP contribution is -2.40. The second kappa shape index (κ2) is 9.93. The van der Waals surface area contributed by atoms with E-state index in [2.05, 4.69) is 5.32 Å². The minimum absolute atomic E-state index is 0.0276. The summed E-state index contributed by atoms with van der Waals surface area (Å²) in [6, 6.07) is 13.1. The lowest BCUT2D eigenvalue weighted by molar-refractivity contribution is 0.0915. The van der Waals surface area contributed by atoms with Crippen LogP contribution in [0.3, 0.4) is 0 Å².